The molecule has 0 fully saturated rings. The van der Waals surface area contributed by atoms with Gasteiger partial charge in [-0.25, -0.2) is 4.79 Å². The Morgan fingerprint density at radius 2 is 2.05 bits per heavy atom. The van der Waals surface area contributed by atoms with E-state index in [0.29, 0.717) is 11.7 Å². The molecule has 0 aromatic heterocycles. The number of ether oxygens (including phenoxy) is 1. The molecule has 3 N–H and O–H groups in total. The standard InChI is InChI=1S/C15H21NO5/c1-10(2)11-4-3-5-12(8-11)21-9-14(18)16-13(6-7-17)15(19)20/h3-5,8,10,13,17H,6-7,9H2,1-2H3,(H,16,18)(H,19,20)/t13-/m0/s1. The van der Waals surface area contributed by atoms with Crippen molar-refractivity contribution in [1.82, 2.24) is 5.32 Å². The Balaban J connectivity index is 2.52. The molecule has 0 spiro atoms. The molecule has 0 saturated heterocycles. The van der Waals surface area contributed by atoms with Crippen LogP contribution in [0.25, 0.3) is 0 Å². The van der Waals surface area contributed by atoms with Gasteiger partial charge < -0.3 is 20.3 Å². The molecule has 0 aliphatic heterocycles. The van der Waals surface area contributed by atoms with E-state index in [-0.39, 0.29) is 19.6 Å². The molecule has 1 aromatic carbocycles. The van der Waals surface area contributed by atoms with Crippen molar-refractivity contribution in [1.29, 1.82) is 0 Å². The molecule has 1 atom stereocenters. The summed E-state index contributed by atoms with van der Waals surface area (Å²) < 4.78 is 5.35. The van der Waals surface area contributed by atoms with E-state index in [9.17, 15) is 9.59 Å². The molecule has 0 heterocycles. The largest absolute Gasteiger partial charge is 0.484 e. The van der Waals surface area contributed by atoms with Crippen LogP contribution < -0.4 is 10.1 Å². The van der Waals surface area contributed by atoms with Gasteiger partial charge in [-0.15, -0.1) is 0 Å². The normalized spacial score (nSPS) is 12.0. The molecule has 0 bridgehead atoms. The first-order chi connectivity index (χ1) is 9.93. The number of aliphatic hydroxyl groups is 1. The van der Waals surface area contributed by atoms with Gasteiger partial charge in [0.1, 0.15) is 11.8 Å². The van der Waals surface area contributed by atoms with Gasteiger partial charge in [0, 0.05) is 13.0 Å². The summed E-state index contributed by atoms with van der Waals surface area (Å²) in [5.41, 5.74) is 1.09. The number of rotatable bonds is 8. The molecule has 0 aliphatic carbocycles. The van der Waals surface area contributed by atoms with Crippen LogP contribution >= 0.6 is 0 Å². The van der Waals surface area contributed by atoms with Crippen LogP contribution in [0.1, 0.15) is 31.7 Å². The Hall–Kier alpha value is -2.08. The van der Waals surface area contributed by atoms with E-state index in [2.05, 4.69) is 19.2 Å². The summed E-state index contributed by atoms with van der Waals surface area (Å²) in [5.74, 6) is -0.807. The van der Waals surface area contributed by atoms with Crippen molar-refractivity contribution in [2.75, 3.05) is 13.2 Å². The van der Waals surface area contributed by atoms with Crippen LogP contribution in [0, 0.1) is 0 Å². The van der Waals surface area contributed by atoms with Gasteiger partial charge >= 0.3 is 5.97 Å². The lowest BCUT2D eigenvalue weighted by molar-refractivity contribution is -0.142. The highest BCUT2D eigenvalue weighted by atomic mass is 16.5. The Bertz CT molecular complexity index is 487. The minimum absolute atomic E-state index is 0.0378. The van der Waals surface area contributed by atoms with E-state index < -0.39 is 17.9 Å². The molecule has 0 radical (unpaired) electrons. The average Bonchev–Trinajstić information content (AvgIpc) is 2.45. The number of aliphatic hydroxyl groups excluding tert-OH is 1. The SMILES string of the molecule is CC(C)c1cccc(OCC(=O)N[C@@H](CCO)C(=O)O)c1. The van der Waals surface area contributed by atoms with Crippen LogP contribution in [0.3, 0.4) is 0 Å². The third-order valence-electron chi connectivity index (χ3n) is 2.95. The second kappa shape index (κ2) is 8.26. The number of carbonyl (C=O) groups excluding carboxylic acids is 1. The van der Waals surface area contributed by atoms with E-state index >= 15 is 0 Å². The molecule has 6 heteroatoms. The monoisotopic (exact) mass is 295 g/mol. The highest BCUT2D eigenvalue weighted by Gasteiger charge is 2.19. The van der Waals surface area contributed by atoms with Crippen molar-refractivity contribution in [3.05, 3.63) is 29.8 Å². The topological polar surface area (TPSA) is 95.9 Å². The number of benzene rings is 1. The molecule has 116 valence electrons. The number of amides is 1. The Morgan fingerprint density at radius 3 is 2.62 bits per heavy atom. The molecule has 21 heavy (non-hydrogen) atoms. The fourth-order valence-corrected chi connectivity index (χ4v) is 1.73. The number of aliphatic carboxylic acids is 1. The zero-order chi connectivity index (χ0) is 15.8. The molecular formula is C15H21NO5. The lowest BCUT2D eigenvalue weighted by Crippen LogP contribution is -2.43. The number of carboxylic acid groups (broad SMARTS) is 1. The number of hydrogen-bond donors (Lipinski definition) is 3. The van der Waals surface area contributed by atoms with Gasteiger partial charge in [-0.2, -0.15) is 0 Å². The van der Waals surface area contributed by atoms with Gasteiger partial charge in [-0.05, 0) is 23.6 Å². The molecule has 1 rings (SSSR count). The lowest BCUT2D eigenvalue weighted by Gasteiger charge is -2.14. The van der Waals surface area contributed by atoms with E-state index in [1.807, 2.05) is 18.2 Å². The molecule has 0 unspecified atom stereocenters. The molecule has 1 aromatic rings. The fourth-order valence-electron chi connectivity index (χ4n) is 1.73. The van der Waals surface area contributed by atoms with Crippen molar-refractivity contribution in [3.8, 4) is 5.75 Å². The highest BCUT2D eigenvalue weighted by Crippen LogP contribution is 2.19. The van der Waals surface area contributed by atoms with Crippen LogP contribution in [0.15, 0.2) is 24.3 Å². The molecule has 1 amide bonds. The predicted molar refractivity (Wildman–Crippen MR) is 77.3 cm³/mol. The second-order valence-electron chi connectivity index (χ2n) is 4.99. The second-order valence-corrected chi connectivity index (χ2v) is 4.99. The van der Waals surface area contributed by atoms with Crippen LogP contribution in [-0.4, -0.2) is 41.3 Å². The van der Waals surface area contributed by atoms with E-state index in [4.69, 9.17) is 14.9 Å². The Kier molecular flexibility index (Phi) is 6.68. The average molecular weight is 295 g/mol. The maximum atomic E-state index is 11.6. The summed E-state index contributed by atoms with van der Waals surface area (Å²) in [6, 6.07) is 6.29. The maximum Gasteiger partial charge on any atom is 0.326 e. The zero-order valence-electron chi connectivity index (χ0n) is 12.2. The van der Waals surface area contributed by atoms with Gasteiger partial charge in [0.2, 0.25) is 0 Å². The van der Waals surface area contributed by atoms with Crippen molar-refractivity contribution < 1.29 is 24.5 Å². The summed E-state index contributed by atoms with van der Waals surface area (Å²) in [5, 5.41) is 19.9. The van der Waals surface area contributed by atoms with E-state index in [0.717, 1.165) is 5.56 Å². The first kappa shape index (κ1) is 17.0. The Labute approximate surface area is 123 Å². The highest BCUT2D eigenvalue weighted by molar-refractivity contribution is 5.84. The van der Waals surface area contributed by atoms with Gasteiger partial charge in [0.15, 0.2) is 6.61 Å². The molecule has 6 nitrogen and oxygen atoms in total. The van der Waals surface area contributed by atoms with Gasteiger partial charge in [-0.3, -0.25) is 4.79 Å². The smallest absolute Gasteiger partial charge is 0.326 e. The first-order valence-corrected chi connectivity index (χ1v) is 6.79. The lowest BCUT2D eigenvalue weighted by atomic mass is 10.0. The minimum Gasteiger partial charge on any atom is -0.484 e. The third kappa shape index (κ3) is 5.83. The number of carbonyl (C=O) groups is 2. The summed E-state index contributed by atoms with van der Waals surface area (Å²) in [6.07, 6.45) is -0.0378. The van der Waals surface area contributed by atoms with Crippen LogP contribution in [0.2, 0.25) is 0 Å². The van der Waals surface area contributed by atoms with Crippen molar-refractivity contribution in [2.45, 2.75) is 32.2 Å². The van der Waals surface area contributed by atoms with Crippen LogP contribution in [0.5, 0.6) is 5.75 Å². The summed E-state index contributed by atoms with van der Waals surface area (Å²) >= 11 is 0. The summed E-state index contributed by atoms with van der Waals surface area (Å²) in [7, 11) is 0. The summed E-state index contributed by atoms with van der Waals surface area (Å²) in [6.45, 7) is 3.53. The Morgan fingerprint density at radius 1 is 1.33 bits per heavy atom. The maximum absolute atomic E-state index is 11.6. The van der Waals surface area contributed by atoms with Gasteiger partial charge in [0.05, 0.1) is 0 Å². The molecule has 0 aliphatic rings. The quantitative estimate of drug-likeness (QED) is 0.668. The molecule has 0 saturated carbocycles. The van der Waals surface area contributed by atoms with Crippen molar-refractivity contribution in [3.63, 3.8) is 0 Å². The van der Waals surface area contributed by atoms with Gasteiger partial charge in [0.25, 0.3) is 5.91 Å². The van der Waals surface area contributed by atoms with Crippen LogP contribution in [0.4, 0.5) is 0 Å². The third-order valence-corrected chi connectivity index (χ3v) is 2.95. The molecular weight excluding hydrogens is 274 g/mol. The van der Waals surface area contributed by atoms with E-state index in [1.165, 1.54) is 0 Å². The fraction of sp³-hybridized carbons (Fsp3) is 0.467. The van der Waals surface area contributed by atoms with Gasteiger partial charge in [-0.1, -0.05) is 26.0 Å². The summed E-state index contributed by atoms with van der Waals surface area (Å²) in [4.78, 5) is 22.5. The predicted octanol–water partition coefficient (Wildman–Crippen LogP) is 1.14. The van der Waals surface area contributed by atoms with Crippen LogP contribution in [-0.2, 0) is 9.59 Å². The van der Waals surface area contributed by atoms with Crippen molar-refractivity contribution >= 4 is 11.9 Å². The zero-order valence-corrected chi connectivity index (χ0v) is 12.2. The number of nitrogens with one attached hydrogen (secondary N) is 1. The first-order valence-electron chi connectivity index (χ1n) is 6.79. The number of carboxylic acids is 1. The van der Waals surface area contributed by atoms with Crippen molar-refractivity contribution in [2.24, 2.45) is 0 Å². The minimum atomic E-state index is -1.18. The van der Waals surface area contributed by atoms with E-state index in [1.54, 1.807) is 6.07 Å². The number of hydrogen-bond acceptors (Lipinski definition) is 4.